The lowest BCUT2D eigenvalue weighted by Gasteiger charge is -2.28. The number of hydrogen-bond acceptors (Lipinski definition) is 3. The van der Waals surface area contributed by atoms with Gasteiger partial charge in [-0.25, -0.2) is 0 Å². The van der Waals surface area contributed by atoms with Gasteiger partial charge in [-0.05, 0) is 31.7 Å². The molecule has 18 heavy (non-hydrogen) atoms. The van der Waals surface area contributed by atoms with Crippen molar-refractivity contribution < 1.29 is 4.79 Å². The van der Waals surface area contributed by atoms with Crippen LogP contribution in [-0.4, -0.2) is 28.7 Å². The van der Waals surface area contributed by atoms with Crippen LogP contribution >= 0.6 is 0 Å². The minimum atomic E-state index is -0.0725. The SMILES string of the molecule is CCc1cn[nH]c1NC(=O)C1CC(CC)CCN1. The van der Waals surface area contributed by atoms with Gasteiger partial charge in [-0.2, -0.15) is 5.10 Å². The fraction of sp³-hybridized carbons (Fsp3) is 0.692. The molecule has 3 N–H and O–H groups in total. The molecule has 1 saturated heterocycles. The largest absolute Gasteiger partial charge is 0.309 e. The third kappa shape index (κ3) is 2.90. The van der Waals surface area contributed by atoms with Crippen LogP contribution in [0.3, 0.4) is 0 Å². The van der Waals surface area contributed by atoms with Crippen LogP contribution in [0.25, 0.3) is 0 Å². The molecule has 5 heteroatoms. The Balaban J connectivity index is 1.95. The average Bonchev–Trinajstić information content (AvgIpc) is 2.86. The van der Waals surface area contributed by atoms with Gasteiger partial charge in [-0.15, -0.1) is 0 Å². The van der Waals surface area contributed by atoms with Crippen molar-refractivity contribution in [1.29, 1.82) is 0 Å². The monoisotopic (exact) mass is 250 g/mol. The highest BCUT2D eigenvalue weighted by molar-refractivity contribution is 5.94. The molecule has 1 aliphatic rings. The molecule has 5 nitrogen and oxygen atoms in total. The number of carbonyl (C=O) groups is 1. The summed E-state index contributed by atoms with van der Waals surface area (Å²) in [5.41, 5.74) is 1.05. The molecule has 0 bridgehead atoms. The quantitative estimate of drug-likeness (QED) is 0.761. The molecule has 1 aromatic rings. The van der Waals surface area contributed by atoms with E-state index in [-0.39, 0.29) is 11.9 Å². The number of aromatic nitrogens is 2. The first kappa shape index (κ1) is 13.1. The smallest absolute Gasteiger partial charge is 0.242 e. The second-order valence-corrected chi connectivity index (χ2v) is 4.92. The fourth-order valence-electron chi connectivity index (χ4n) is 2.46. The summed E-state index contributed by atoms with van der Waals surface area (Å²) in [6.45, 7) is 5.17. The molecule has 2 atom stereocenters. The number of nitrogens with one attached hydrogen (secondary N) is 3. The number of aromatic amines is 1. The van der Waals surface area contributed by atoms with Gasteiger partial charge in [0, 0.05) is 5.56 Å². The van der Waals surface area contributed by atoms with Crippen molar-refractivity contribution >= 4 is 11.7 Å². The summed E-state index contributed by atoms with van der Waals surface area (Å²) >= 11 is 0. The van der Waals surface area contributed by atoms with E-state index in [4.69, 9.17) is 0 Å². The van der Waals surface area contributed by atoms with Crippen molar-refractivity contribution in [3.8, 4) is 0 Å². The number of amides is 1. The minimum absolute atomic E-state index is 0.0482. The Hall–Kier alpha value is -1.36. The van der Waals surface area contributed by atoms with Gasteiger partial charge >= 0.3 is 0 Å². The maximum Gasteiger partial charge on any atom is 0.242 e. The van der Waals surface area contributed by atoms with Gasteiger partial charge in [0.15, 0.2) is 0 Å². The van der Waals surface area contributed by atoms with E-state index in [2.05, 4.69) is 27.8 Å². The Labute approximate surface area is 108 Å². The highest BCUT2D eigenvalue weighted by Gasteiger charge is 2.26. The van der Waals surface area contributed by atoms with Crippen LogP contribution in [0.15, 0.2) is 6.20 Å². The molecule has 0 radical (unpaired) electrons. The number of nitrogens with zero attached hydrogens (tertiary/aromatic N) is 1. The lowest BCUT2D eigenvalue weighted by Crippen LogP contribution is -2.46. The molecule has 1 amide bonds. The molecule has 1 aliphatic heterocycles. The van der Waals surface area contributed by atoms with Crippen molar-refractivity contribution in [3.05, 3.63) is 11.8 Å². The molecule has 100 valence electrons. The number of rotatable bonds is 4. The molecular formula is C13H22N4O. The van der Waals surface area contributed by atoms with Crippen LogP contribution in [0, 0.1) is 5.92 Å². The Bertz CT molecular complexity index is 401. The summed E-state index contributed by atoms with van der Waals surface area (Å²) in [7, 11) is 0. The van der Waals surface area contributed by atoms with Gasteiger partial charge in [0.1, 0.15) is 5.82 Å². The Morgan fingerprint density at radius 1 is 1.56 bits per heavy atom. The summed E-state index contributed by atoms with van der Waals surface area (Å²) in [6, 6.07) is -0.0725. The fourth-order valence-corrected chi connectivity index (χ4v) is 2.46. The normalized spacial score (nSPS) is 23.9. The van der Waals surface area contributed by atoms with E-state index in [0.29, 0.717) is 5.92 Å². The van der Waals surface area contributed by atoms with Crippen LogP contribution in [0.2, 0.25) is 0 Å². The summed E-state index contributed by atoms with van der Waals surface area (Å²) in [6.07, 6.45) is 5.87. The van der Waals surface area contributed by atoms with Crippen LogP contribution < -0.4 is 10.6 Å². The van der Waals surface area contributed by atoms with Gasteiger partial charge in [0.05, 0.1) is 12.2 Å². The van der Waals surface area contributed by atoms with E-state index in [1.165, 1.54) is 6.42 Å². The van der Waals surface area contributed by atoms with Crippen LogP contribution in [0.5, 0.6) is 0 Å². The number of carbonyl (C=O) groups excluding carboxylic acids is 1. The van der Waals surface area contributed by atoms with E-state index in [0.717, 1.165) is 37.2 Å². The minimum Gasteiger partial charge on any atom is -0.309 e. The van der Waals surface area contributed by atoms with Gasteiger partial charge in [0.25, 0.3) is 0 Å². The van der Waals surface area contributed by atoms with Gasteiger partial charge in [-0.3, -0.25) is 9.89 Å². The zero-order valence-electron chi connectivity index (χ0n) is 11.1. The molecular weight excluding hydrogens is 228 g/mol. The lowest BCUT2D eigenvalue weighted by atomic mass is 9.90. The first-order chi connectivity index (χ1) is 8.74. The topological polar surface area (TPSA) is 69.8 Å². The number of anilines is 1. The van der Waals surface area contributed by atoms with Crippen LogP contribution in [-0.2, 0) is 11.2 Å². The predicted octanol–water partition coefficient (Wildman–Crippen LogP) is 1.69. The summed E-state index contributed by atoms with van der Waals surface area (Å²) in [4.78, 5) is 12.2. The molecule has 2 unspecified atom stereocenters. The number of hydrogen-bond donors (Lipinski definition) is 3. The summed E-state index contributed by atoms with van der Waals surface area (Å²) in [5.74, 6) is 1.45. The van der Waals surface area contributed by atoms with Crippen molar-refractivity contribution in [2.24, 2.45) is 5.92 Å². The van der Waals surface area contributed by atoms with Gasteiger partial charge in [0.2, 0.25) is 5.91 Å². The molecule has 0 aromatic carbocycles. The number of piperidine rings is 1. The molecule has 1 fully saturated rings. The molecule has 1 aromatic heterocycles. The zero-order chi connectivity index (χ0) is 13.0. The Morgan fingerprint density at radius 3 is 3.11 bits per heavy atom. The summed E-state index contributed by atoms with van der Waals surface area (Å²) in [5, 5.41) is 13.0. The Morgan fingerprint density at radius 2 is 2.39 bits per heavy atom. The van der Waals surface area contributed by atoms with Crippen LogP contribution in [0.1, 0.15) is 38.7 Å². The van der Waals surface area contributed by atoms with Gasteiger partial charge < -0.3 is 10.6 Å². The standard InChI is InChI=1S/C13H22N4O/c1-3-9-5-6-14-11(7-9)13(18)16-12-10(4-2)8-15-17-12/h8-9,11,14H,3-7H2,1-2H3,(H2,15,16,17,18). The third-order valence-electron chi connectivity index (χ3n) is 3.75. The van der Waals surface area contributed by atoms with E-state index in [9.17, 15) is 4.79 Å². The van der Waals surface area contributed by atoms with Crippen molar-refractivity contribution in [1.82, 2.24) is 15.5 Å². The maximum atomic E-state index is 12.2. The first-order valence-electron chi connectivity index (χ1n) is 6.81. The van der Waals surface area contributed by atoms with E-state index >= 15 is 0 Å². The van der Waals surface area contributed by atoms with Gasteiger partial charge in [-0.1, -0.05) is 20.3 Å². The zero-order valence-corrected chi connectivity index (χ0v) is 11.1. The number of H-pyrrole nitrogens is 1. The van der Waals surface area contributed by atoms with Crippen molar-refractivity contribution in [3.63, 3.8) is 0 Å². The van der Waals surface area contributed by atoms with Crippen molar-refractivity contribution in [2.45, 2.75) is 45.6 Å². The van der Waals surface area contributed by atoms with Crippen molar-refractivity contribution in [2.75, 3.05) is 11.9 Å². The molecule has 0 aliphatic carbocycles. The maximum absolute atomic E-state index is 12.2. The molecule has 0 saturated carbocycles. The van der Waals surface area contributed by atoms with E-state index < -0.39 is 0 Å². The summed E-state index contributed by atoms with van der Waals surface area (Å²) < 4.78 is 0. The second-order valence-electron chi connectivity index (χ2n) is 4.92. The second kappa shape index (κ2) is 6.00. The molecule has 0 spiro atoms. The highest BCUT2D eigenvalue weighted by Crippen LogP contribution is 2.20. The number of aryl methyl sites for hydroxylation is 1. The molecule has 2 heterocycles. The molecule has 2 rings (SSSR count). The van der Waals surface area contributed by atoms with E-state index in [1.54, 1.807) is 6.20 Å². The van der Waals surface area contributed by atoms with E-state index in [1.807, 2.05) is 6.92 Å². The highest BCUT2D eigenvalue weighted by atomic mass is 16.2. The first-order valence-corrected chi connectivity index (χ1v) is 6.81. The van der Waals surface area contributed by atoms with Crippen LogP contribution in [0.4, 0.5) is 5.82 Å². The Kier molecular flexibility index (Phi) is 4.36. The third-order valence-corrected chi connectivity index (χ3v) is 3.75. The lowest BCUT2D eigenvalue weighted by molar-refractivity contribution is -0.119. The average molecular weight is 250 g/mol. The predicted molar refractivity (Wildman–Crippen MR) is 71.4 cm³/mol.